The fraction of sp³-hybridized carbons (Fsp3) is 0.133. The van der Waals surface area contributed by atoms with E-state index in [0.29, 0.717) is 21.3 Å². The molecule has 0 amide bonds. The Morgan fingerprint density at radius 3 is 2.35 bits per heavy atom. The summed E-state index contributed by atoms with van der Waals surface area (Å²) in [5.41, 5.74) is 2.69. The summed E-state index contributed by atoms with van der Waals surface area (Å²) in [4.78, 5) is 11.8. The number of carbonyl (C=O) groups excluding carboxylic acids is 1. The second kappa shape index (κ2) is 6.16. The molecule has 0 aliphatic heterocycles. The molecule has 0 atom stereocenters. The Morgan fingerprint density at radius 2 is 1.80 bits per heavy atom. The average Bonchev–Trinajstić information content (AvgIpc) is 2.47. The average molecular weight is 310 g/mol. The van der Waals surface area contributed by atoms with Crippen LogP contribution in [-0.4, -0.2) is 20.1 Å². The van der Waals surface area contributed by atoms with Crippen LogP contribution in [0.3, 0.4) is 0 Å². The lowest BCUT2D eigenvalue weighted by atomic mass is 10.0. The van der Waals surface area contributed by atoms with Crippen LogP contribution < -0.4 is 5.32 Å². The number of methoxy groups -OCH3 is 1. The summed E-state index contributed by atoms with van der Waals surface area (Å²) in [5.74, 6) is -0.416. The fourth-order valence-electron chi connectivity index (χ4n) is 1.91. The lowest BCUT2D eigenvalue weighted by Crippen LogP contribution is -2.06. The summed E-state index contributed by atoms with van der Waals surface area (Å²) in [7, 11) is 3.07. The molecule has 0 fully saturated rings. The fourth-order valence-corrected chi connectivity index (χ4v) is 2.31. The molecule has 0 spiro atoms. The molecule has 0 radical (unpaired) electrons. The normalized spacial score (nSPS) is 10.2. The van der Waals surface area contributed by atoms with Crippen molar-refractivity contribution < 1.29 is 9.53 Å². The molecule has 5 heteroatoms. The number of esters is 1. The number of nitrogens with one attached hydrogen (secondary N) is 1. The molecular formula is C15H13Cl2NO2. The second-order valence-electron chi connectivity index (χ2n) is 4.13. The first-order valence-electron chi connectivity index (χ1n) is 5.92. The molecule has 3 nitrogen and oxygen atoms in total. The van der Waals surface area contributed by atoms with Gasteiger partial charge in [-0.3, -0.25) is 0 Å². The number of benzene rings is 2. The van der Waals surface area contributed by atoms with Crippen LogP contribution in [0.5, 0.6) is 0 Å². The van der Waals surface area contributed by atoms with E-state index >= 15 is 0 Å². The lowest BCUT2D eigenvalue weighted by Gasteiger charge is -2.12. The molecule has 0 saturated carbocycles. The van der Waals surface area contributed by atoms with Gasteiger partial charge in [-0.2, -0.15) is 0 Å². The Balaban J connectivity index is 2.59. The Labute approximate surface area is 127 Å². The van der Waals surface area contributed by atoms with E-state index in [-0.39, 0.29) is 0 Å². The van der Waals surface area contributed by atoms with Gasteiger partial charge in [-0.25, -0.2) is 4.79 Å². The zero-order valence-electron chi connectivity index (χ0n) is 11.0. The Morgan fingerprint density at radius 1 is 1.15 bits per heavy atom. The van der Waals surface area contributed by atoms with Crippen LogP contribution in [0.1, 0.15) is 10.4 Å². The van der Waals surface area contributed by atoms with Crippen LogP contribution in [0, 0.1) is 0 Å². The van der Waals surface area contributed by atoms with Crippen molar-refractivity contribution in [1.29, 1.82) is 0 Å². The van der Waals surface area contributed by atoms with Gasteiger partial charge >= 0.3 is 5.97 Å². The topological polar surface area (TPSA) is 38.3 Å². The summed E-state index contributed by atoms with van der Waals surface area (Å²) in [6.45, 7) is 0. The molecule has 0 bridgehead atoms. The minimum Gasteiger partial charge on any atom is -0.465 e. The molecule has 2 aromatic rings. The largest absolute Gasteiger partial charge is 0.465 e. The number of rotatable bonds is 3. The summed E-state index contributed by atoms with van der Waals surface area (Å²) < 4.78 is 4.79. The van der Waals surface area contributed by atoms with E-state index in [1.165, 1.54) is 7.11 Å². The summed E-state index contributed by atoms with van der Waals surface area (Å²) >= 11 is 12.2. The van der Waals surface area contributed by atoms with Gasteiger partial charge in [-0.05, 0) is 29.8 Å². The van der Waals surface area contributed by atoms with Crippen molar-refractivity contribution in [3.05, 3.63) is 52.0 Å². The van der Waals surface area contributed by atoms with Crippen LogP contribution in [-0.2, 0) is 4.74 Å². The molecule has 0 aliphatic carbocycles. The van der Waals surface area contributed by atoms with Crippen molar-refractivity contribution in [2.24, 2.45) is 0 Å². The third-order valence-electron chi connectivity index (χ3n) is 2.94. The number of ether oxygens (including phenoxy) is 1. The van der Waals surface area contributed by atoms with Crippen LogP contribution in [0.4, 0.5) is 5.69 Å². The van der Waals surface area contributed by atoms with Gasteiger partial charge in [-0.15, -0.1) is 0 Å². The highest BCUT2D eigenvalue weighted by Gasteiger charge is 2.15. The minimum absolute atomic E-state index is 0.416. The number of anilines is 1. The number of hydrogen-bond acceptors (Lipinski definition) is 3. The third-order valence-corrected chi connectivity index (χ3v) is 3.50. The van der Waals surface area contributed by atoms with E-state index in [2.05, 4.69) is 5.32 Å². The van der Waals surface area contributed by atoms with E-state index in [4.69, 9.17) is 27.9 Å². The quantitative estimate of drug-likeness (QED) is 0.849. The van der Waals surface area contributed by atoms with Crippen LogP contribution >= 0.6 is 23.2 Å². The molecule has 104 valence electrons. The van der Waals surface area contributed by atoms with Crippen LogP contribution in [0.25, 0.3) is 11.1 Å². The first-order chi connectivity index (χ1) is 9.56. The van der Waals surface area contributed by atoms with Crippen LogP contribution in [0.15, 0.2) is 36.4 Å². The standard InChI is InChI=1S/C15H13Cl2NO2/c1-18-14-8-13(17)11(7-12(14)15(19)20-2)9-3-5-10(16)6-4-9/h3-8,18H,1-2H3. The third kappa shape index (κ3) is 2.89. The maximum Gasteiger partial charge on any atom is 0.339 e. The van der Waals surface area contributed by atoms with Gasteiger partial charge in [0, 0.05) is 23.3 Å². The van der Waals surface area contributed by atoms with E-state index < -0.39 is 5.97 Å². The summed E-state index contributed by atoms with van der Waals surface area (Å²) in [6, 6.07) is 10.7. The highest BCUT2D eigenvalue weighted by Crippen LogP contribution is 2.33. The molecular weight excluding hydrogens is 297 g/mol. The monoisotopic (exact) mass is 309 g/mol. The molecule has 1 N–H and O–H groups in total. The van der Waals surface area contributed by atoms with Crippen molar-refractivity contribution >= 4 is 34.9 Å². The Bertz CT molecular complexity index is 639. The predicted octanol–water partition coefficient (Wildman–Crippen LogP) is 4.49. The van der Waals surface area contributed by atoms with Crippen molar-refractivity contribution in [2.75, 3.05) is 19.5 Å². The van der Waals surface area contributed by atoms with E-state index in [9.17, 15) is 4.79 Å². The molecule has 0 unspecified atom stereocenters. The van der Waals surface area contributed by atoms with Gasteiger partial charge in [0.2, 0.25) is 0 Å². The lowest BCUT2D eigenvalue weighted by molar-refractivity contribution is 0.0602. The van der Waals surface area contributed by atoms with Crippen molar-refractivity contribution in [1.82, 2.24) is 0 Å². The van der Waals surface area contributed by atoms with Gasteiger partial charge < -0.3 is 10.1 Å². The molecule has 0 aliphatic rings. The summed E-state index contributed by atoms with van der Waals surface area (Å²) in [6.07, 6.45) is 0. The molecule has 20 heavy (non-hydrogen) atoms. The number of carbonyl (C=O) groups is 1. The zero-order valence-corrected chi connectivity index (χ0v) is 12.5. The first kappa shape index (κ1) is 14.7. The van der Waals surface area contributed by atoms with Crippen molar-refractivity contribution in [3.63, 3.8) is 0 Å². The molecule has 2 rings (SSSR count). The van der Waals surface area contributed by atoms with Crippen molar-refractivity contribution in [3.8, 4) is 11.1 Å². The molecule has 0 aromatic heterocycles. The smallest absolute Gasteiger partial charge is 0.339 e. The molecule has 0 saturated heterocycles. The first-order valence-corrected chi connectivity index (χ1v) is 6.68. The predicted molar refractivity (Wildman–Crippen MR) is 82.8 cm³/mol. The maximum atomic E-state index is 11.8. The van der Waals surface area contributed by atoms with Gasteiger partial charge in [0.15, 0.2) is 0 Å². The van der Waals surface area contributed by atoms with E-state index in [1.807, 2.05) is 12.1 Å². The van der Waals surface area contributed by atoms with E-state index in [0.717, 1.165) is 11.1 Å². The summed E-state index contributed by atoms with van der Waals surface area (Å²) in [5, 5.41) is 4.12. The van der Waals surface area contributed by atoms with Gasteiger partial charge in [0.25, 0.3) is 0 Å². The number of hydrogen-bond donors (Lipinski definition) is 1. The SMILES string of the molecule is CNc1cc(Cl)c(-c2ccc(Cl)cc2)cc1C(=O)OC. The molecule has 0 heterocycles. The zero-order chi connectivity index (χ0) is 14.7. The Kier molecular flexibility index (Phi) is 4.53. The van der Waals surface area contributed by atoms with Gasteiger partial charge in [-0.1, -0.05) is 35.3 Å². The second-order valence-corrected chi connectivity index (χ2v) is 4.97. The highest BCUT2D eigenvalue weighted by atomic mass is 35.5. The van der Waals surface area contributed by atoms with Crippen molar-refractivity contribution in [2.45, 2.75) is 0 Å². The maximum absolute atomic E-state index is 11.8. The number of halogens is 2. The van der Waals surface area contributed by atoms with Gasteiger partial charge in [0.05, 0.1) is 17.7 Å². The van der Waals surface area contributed by atoms with E-state index in [1.54, 1.807) is 31.3 Å². The minimum atomic E-state index is -0.416. The highest BCUT2D eigenvalue weighted by molar-refractivity contribution is 6.34. The Hall–Kier alpha value is -1.71. The van der Waals surface area contributed by atoms with Crippen LogP contribution in [0.2, 0.25) is 10.0 Å². The molecule has 2 aromatic carbocycles. The van der Waals surface area contributed by atoms with Gasteiger partial charge in [0.1, 0.15) is 0 Å².